The molecule has 2 aliphatic heterocycles. The second-order valence-electron chi connectivity index (χ2n) is 7.08. The largest absolute Gasteiger partial charge is 0.382 e. The van der Waals surface area contributed by atoms with E-state index in [1.165, 1.54) is 6.92 Å². The fraction of sp³-hybridized carbons (Fsp3) is 0.875. The van der Waals surface area contributed by atoms with Crippen LogP contribution in [0, 0.1) is 5.92 Å². The topological polar surface area (TPSA) is 99.2 Å². The Balaban J connectivity index is 2.09. The summed E-state index contributed by atoms with van der Waals surface area (Å²) in [6.07, 6.45) is 3.12. The van der Waals surface area contributed by atoms with Gasteiger partial charge in [0.05, 0.1) is 0 Å². The number of hydrogen-bond acceptors (Lipinski definition) is 5. The lowest BCUT2D eigenvalue weighted by molar-refractivity contribution is -0.150. The van der Waals surface area contributed by atoms with Crippen LogP contribution in [-0.4, -0.2) is 44.9 Å². The Labute approximate surface area is 131 Å². The molecule has 2 heterocycles. The Morgan fingerprint density at radius 1 is 1.41 bits per heavy atom. The summed E-state index contributed by atoms with van der Waals surface area (Å²) in [6.45, 7) is 6.99. The monoisotopic (exact) mass is 313 g/mol. The van der Waals surface area contributed by atoms with Gasteiger partial charge in [-0.3, -0.25) is 9.59 Å². The number of unbranched alkanes of at least 4 members (excludes halogenated alkanes) is 3. The number of carbonyl (C=O) groups excluding carboxylic acids is 2. The molecule has 0 bridgehead atoms. The number of morpholine rings is 1. The highest BCUT2D eigenvalue weighted by Gasteiger charge is 2.82. The third kappa shape index (κ3) is 2.47. The van der Waals surface area contributed by atoms with Gasteiger partial charge in [0.2, 0.25) is 11.4 Å². The van der Waals surface area contributed by atoms with Gasteiger partial charge >= 0.3 is 0 Å². The van der Waals surface area contributed by atoms with Gasteiger partial charge in [0.25, 0.3) is 5.91 Å². The van der Waals surface area contributed by atoms with Gasteiger partial charge in [-0.1, -0.05) is 46.5 Å². The lowest BCUT2D eigenvalue weighted by Gasteiger charge is -2.27. The summed E-state index contributed by atoms with van der Waals surface area (Å²) in [4.78, 5) is 24.9. The van der Waals surface area contributed by atoms with Crippen molar-refractivity contribution in [3.8, 4) is 0 Å². The second-order valence-corrected chi connectivity index (χ2v) is 7.08. The van der Waals surface area contributed by atoms with E-state index in [1.54, 1.807) is 13.8 Å². The van der Waals surface area contributed by atoms with Crippen molar-refractivity contribution in [2.45, 2.75) is 82.8 Å². The molecule has 4 atom stereocenters. The molecule has 2 rings (SSSR count). The lowest BCUT2D eigenvalue weighted by atomic mass is 9.82. The average molecular weight is 313 g/mol. The highest BCUT2D eigenvalue weighted by Crippen LogP contribution is 2.52. The summed E-state index contributed by atoms with van der Waals surface area (Å²) in [5.41, 5.74) is -4.89. The minimum atomic E-state index is -1.72. The van der Waals surface area contributed by atoms with Crippen LogP contribution in [0.3, 0.4) is 0 Å². The Morgan fingerprint density at radius 2 is 2.05 bits per heavy atom. The molecule has 2 aliphatic rings. The average Bonchev–Trinajstić information content (AvgIpc) is 3.15. The molecule has 0 aromatic rings. The number of epoxide rings is 1. The van der Waals surface area contributed by atoms with Crippen LogP contribution in [0.1, 0.15) is 59.8 Å². The summed E-state index contributed by atoms with van der Waals surface area (Å²) in [5.74, 6) is -1.59. The molecule has 6 heteroatoms. The van der Waals surface area contributed by atoms with Crippen LogP contribution in [0.25, 0.3) is 0 Å². The van der Waals surface area contributed by atoms with E-state index in [4.69, 9.17) is 4.74 Å². The zero-order chi connectivity index (χ0) is 16.8. The normalized spacial score (nSPS) is 36.0. The first kappa shape index (κ1) is 17.4. The SMILES string of the molecule is CCCCCC[C@](C)(O)C(=O)C12OC1C(O)(C(C)C)NC2=O. The van der Waals surface area contributed by atoms with E-state index in [1.807, 2.05) is 0 Å². The number of rotatable bonds is 8. The minimum absolute atomic E-state index is 0.289. The van der Waals surface area contributed by atoms with Crippen LogP contribution < -0.4 is 5.32 Å². The summed E-state index contributed by atoms with van der Waals surface area (Å²) < 4.78 is 5.33. The molecule has 0 saturated carbocycles. The molecule has 6 nitrogen and oxygen atoms in total. The van der Waals surface area contributed by atoms with Gasteiger partial charge in [0.15, 0.2) is 11.8 Å². The molecule has 0 radical (unpaired) electrons. The first-order chi connectivity index (χ1) is 10.1. The maximum absolute atomic E-state index is 12.7. The van der Waals surface area contributed by atoms with E-state index in [-0.39, 0.29) is 12.3 Å². The summed E-state index contributed by atoms with van der Waals surface area (Å²) >= 11 is 0. The van der Waals surface area contributed by atoms with Crippen LogP contribution >= 0.6 is 0 Å². The second kappa shape index (κ2) is 5.58. The number of nitrogens with one attached hydrogen (secondary N) is 1. The van der Waals surface area contributed by atoms with Crippen molar-refractivity contribution in [3.05, 3.63) is 0 Å². The summed E-state index contributed by atoms with van der Waals surface area (Å²) in [6, 6.07) is 0. The number of ketones is 1. The Bertz CT molecular complexity index is 475. The third-order valence-corrected chi connectivity index (χ3v) is 4.89. The first-order valence-corrected chi connectivity index (χ1v) is 8.13. The van der Waals surface area contributed by atoms with Crippen molar-refractivity contribution in [1.82, 2.24) is 5.32 Å². The van der Waals surface area contributed by atoms with E-state index in [0.29, 0.717) is 6.42 Å². The number of fused-ring (bicyclic) bond motifs is 1. The van der Waals surface area contributed by atoms with Crippen LogP contribution in [0.5, 0.6) is 0 Å². The molecule has 0 aromatic carbocycles. The number of ether oxygens (including phenoxy) is 1. The van der Waals surface area contributed by atoms with Crippen LogP contribution in [0.2, 0.25) is 0 Å². The highest BCUT2D eigenvalue weighted by atomic mass is 16.6. The van der Waals surface area contributed by atoms with E-state index in [0.717, 1.165) is 19.3 Å². The van der Waals surface area contributed by atoms with Crippen molar-refractivity contribution in [2.75, 3.05) is 0 Å². The van der Waals surface area contributed by atoms with Crippen molar-refractivity contribution < 1.29 is 24.5 Å². The van der Waals surface area contributed by atoms with Gasteiger partial charge in [-0.2, -0.15) is 0 Å². The Morgan fingerprint density at radius 3 is 2.50 bits per heavy atom. The molecular formula is C16H27NO5. The molecule has 0 spiro atoms. The summed E-state index contributed by atoms with van der Waals surface area (Å²) in [5, 5.41) is 23.4. The Hall–Kier alpha value is -0.980. The number of amides is 1. The molecule has 1 amide bonds. The molecule has 3 unspecified atom stereocenters. The molecule has 0 aromatic heterocycles. The summed E-state index contributed by atoms with van der Waals surface area (Å²) in [7, 11) is 0. The first-order valence-electron chi connectivity index (χ1n) is 8.13. The molecular weight excluding hydrogens is 286 g/mol. The quantitative estimate of drug-likeness (QED) is 0.351. The van der Waals surface area contributed by atoms with Gasteiger partial charge in [0.1, 0.15) is 5.60 Å². The predicted molar refractivity (Wildman–Crippen MR) is 79.9 cm³/mol. The number of aliphatic hydroxyl groups is 2. The van der Waals surface area contributed by atoms with Gasteiger partial charge in [-0.05, 0) is 13.3 Å². The smallest absolute Gasteiger partial charge is 0.265 e. The van der Waals surface area contributed by atoms with Crippen molar-refractivity contribution in [1.29, 1.82) is 0 Å². The van der Waals surface area contributed by atoms with Crippen LogP contribution in [0.15, 0.2) is 0 Å². The van der Waals surface area contributed by atoms with Crippen molar-refractivity contribution in [2.24, 2.45) is 5.92 Å². The van der Waals surface area contributed by atoms with E-state index < -0.39 is 34.7 Å². The minimum Gasteiger partial charge on any atom is -0.382 e. The fourth-order valence-corrected chi connectivity index (χ4v) is 3.20. The number of hydrogen-bond donors (Lipinski definition) is 3. The van der Waals surface area contributed by atoms with Gasteiger partial charge < -0.3 is 20.3 Å². The lowest BCUT2D eigenvalue weighted by Crippen LogP contribution is -2.52. The molecule has 2 fully saturated rings. The number of carbonyl (C=O) groups is 2. The van der Waals surface area contributed by atoms with Gasteiger partial charge in [-0.15, -0.1) is 0 Å². The molecule has 22 heavy (non-hydrogen) atoms. The molecule has 3 N–H and O–H groups in total. The van der Waals surface area contributed by atoms with Crippen molar-refractivity contribution in [3.63, 3.8) is 0 Å². The highest BCUT2D eigenvalue weighted by molar-refractivity contribution is 6.18. The van der Waals surface area contributed by atoms with Crippen LogP contribution in [-0.2, 0) is 14.3 Å². The van der Waals surface area contributed by atoms with Gasteiger partial charge in [0, 0.05) is 5.92 Å². The van der Waals surface area contributed by atoms with Gasteiger partial charge in [-0.25, -0.2) is 0 Å². The third-order valence-electron chi connectivity index (χ3n) is 4.89. The van der Waals surface area contributed by atoms with Crippen molar-refractivity contribution >= 4 is 11.7 Å². The Kier molecular flexibility index (Phi) is 4.41. The molecule has 126 valence electrons. The van der Waals surface area contributed by atoms with E-state index >= 15 is 0 Å². The van der Waals surface area contributed by atoms with E-state index in [9.17, 15) is 19.8 Å². The van der Waals surface area contributed by atoms with E-state index in [2.05, 4.69) is 12.2 Å². The van der Waals surface area contributed by atoms with Crippen LogP contribution in [0.4, 0.5) is 0 Å². The fourth-order valence-electron chi connectivity index (χ4n) is 3.20. The zero-order valence-corrected chi connectivity index (χ0v) is 13.8. The standard InChI is InChI=1S/C16H27NO5/c1-5-6-7-8-9-14(4,20)11(18)15-12(22-15)16(21,10(2)3)17-13(15)19/h10,12,20-21H,5-9H2,1-4H3,(H,17,19)/t12?,14-,15?,16?/m0/s1. The number of Topliss-reactive ketones (excluding diaryl/α,β-unsaturated/α-hetero) is 1. The molecule has 0 aliphatic carbocycles. The maximum atomic E-state index is 12.7. The maximum Gasteiger partial charge on any atom is 0.265 e. The molecule has 2 saturated heterocycles. The zero-order valence-electron chi connectivity index (χ0n) is 13.8. The predicted octanol–water partition coefficient (Wildman–Crippen LogP) is 0.889.